The molecule has 2 aromatic rings. The van der Waals surface area contributed by atoms with Gasteiger partial charge in [-0.05, 0) is 36.4 Å². The van der Waals surface area contributed by atoms with Crippen molar-refractivity contribution >= 4 is 27.5 Å². The number of ether oxygens (including phenoxy) is 2. The number of carbonyl (C=O) groups is 2. The average molecular weight is 378 g/mol. The molecule has 0 aliphatic carbocycles. The zero-order valence-electron chi connectivity index (χ0n) is 14.4. The molecule has 8 nitrogen and oxygen atoms in total. The zero-order chi connectivity index (χ0) is 19.3. The van der Waals surface area contributed by atoms with Gasteiger partial charge in [-0.1, -0.05) is 6.07 Å². The summed E-state index contributed by atoms with van der Waals surface area (Å²) in [5, 5.41) is 2.65. The zero-order valence-corrected chi connectivity index (χ0v) is 15.2. The number of hydrogen-bond donors (Lipinski definition) is 2. The molecule has 2 N–H and O–H groups in total. The second-order valence-electron chi connectivity index (χ2n) is 5.18. The molecular formula is C17H18N2O6S. The maximum atomic E-state index is 12.6. The minimum absolute atomic E-state index is 0.0967. The maximum Gasteiger partial charge on any atom is 0.264 e. The summed E-state index contributed by atoms with van der Waals surface area (Å²) in [6.45, 7) is 1.10. The van der Waals surface area contributed by atoms with Crippen LogP contribution < -0.4 is 19.5 Å². The third-order valence-electron chi connectivity index (χ3n) is 3.36. The largest absolute Gasteiger partial charge is 0.496 e. The summed E-state index contributed by atoms with van der Waals surface area (Å²) < 4.78 is 36.1. The van der Waals surface area contributed by atoms with E-state index in [2.05, 4.69) is 5.32 Å². The number of sulfonamides is 1. The van der Waals surface area contributed by atoms with Crippen LogP contribution in [0.1, 0.15) is 17.3 Å². The topological polar surface area (TPSA) is 111 Å². The van der Waals surface area contributed by atoms with Gasteiger partial charge in [0.05, 0.1) is 19.1 Å². The van der Waals surface area contributed by atoms with E-state index in [1.54, 1.807) is 18.2 Å². The Morgan fingerprint density at radius 1 is 0.923 bits per heavy atom. The van der Waals surface area contributed by atoms with Crippen molar-refractivity contribution in [1.29, 1.82) is 0 Å². The van der Waals surface area contributed by atoms with E-state index in [9.17, 15) is 18.0 Å². The quantitative estimate of drug-likeness (QED) is 0.793. The molecule has 0 aromatic heterocycles. The molecule has 2 aromatic carbocycles. The van der Waals surface area contributed by atoms with Crippen LogP contribution in [0.15, 0.2) is 47.4 Å². The predicted octanol–water partition coefficient (Wildman–Crippen LogP) is 1.78. The summed E-state index contributed by atoms with van der Waals surface area (Å²) in [6.07, 6.45) is 0. The van der Waals surface area contributed by atoms with E-state index >= 15 is 0 Å². The van der Waals surface area contributed by atoms with Crippen molar-refractivity contribution in [2.45, 2.75) is 11.8 Å². The Balaban J connectivity index is 2.25. The lowest BCUT2D eigenvalue weighted by atomic mass is 10.1. The van der Waals surface area contributed by atoms with Gasteiger partial charge in [0.2, 0.25) is 5.91 Å². The molecule has 0 fully saturated rings. The molecule has 9 heteroatoms. The first kappa shape index (κ1) is 19.3. The molecule has 0 aliphatic rings. The molecule has 0 saturated heterocycles. The van der Waals surface area contributed by atoms with Crippen molar-refractivity contribution in [3.63, 3.8) is 0 Å². The molecule has 0 unspecified atom stereocenters. The standard InChI is InChI=1S/C17H18N2O6S/c1-11(20)19-26(22,23)13-9-7-12(8-10-13)18-17(21)16-14(24-2)5-4-6-15(16)25-3/h4-10H,1-3H3,(H,18,21)(H,19,20). The third kappa shape index (κ3) is 4.31. The highest BCUT2D eigenvalue weighted by molar-refractivity contribution is 7.90. The number of amides is 2. The predicted molar refractivity (Wildman–Crippen MR) is 94.9 cm³/mol. The minimum atomic E-state index is -3.93. The van der Waals surface area contributed by atoms with Gasteiger partial charge in [0, 0.05) is 12.6 Å². The molecule has 26 heavy (non-hydrogen) atoms. The Morgan fingerprint density at radius 2 is 1.46 bits per heavy atom. The smallest absolute Gasteiger partial charge is 0.264 e. The highest BCUT2D eigenvalue weighted by atomic mass is 32.2. The van der Waals surface area contributed by atoms with Crippen molar-refractivity contribution in [2.75, 3.05) is 19.5 Å². The van der Waals surface area contributed by atoms with Gasteiger partial charge < -0.3 is 14.8 Å². The molecule has 2 amide bonds. The van der Waals surface area contributed by atoms with E-state index in [4.69, 9.17) is 9.47 Å². The first-order chi connectivity index (χ1) is 12.3. The van der Waals surface area contributed by atoms with Gasteiger partial charge in [-0.3, -0.25) is 9.59 Å². The summed E-state index contributed by atoms with van der Waals surface area (Å²) >= 11 is 0. The number of nitrogens with one attached hydrogen (secondary N) is 2. The van der Waals surface area contributed by atoms with Gasteiger partial charge in [-0.25, -0.2) is 13.1 Å². The summed E-state index contributed by atoms with van der Waals surface area (Å²) in [6, 6.07) is 10.3. The van der Waals surface area contributed by atoms with E-state index in [0.717, 1.165) is 6.92 Å². The molecule has 138 valence electrons. The molecule has 0 heterocycles. The maximum absolute atomic E-state index is 12.6. The van der Waals surface area contributed by atoms with Crippen LogP contribution in [0.25, 0.3) is 0 Å². The Kier molecular flexibility index (Phi) is 5.83. The minimum Gasteiger partial charge on any atom is -0.496 e. The monoisotopic (exact) mass is 378 g/mol. The third-order valence-corrected chi connectivity index (χ3v) is 4.80. The van der Waals surface area contributed by atoms with Gasteiger partial charge in [-0.2, -0.15) is 0 Å². The number of benzene rings is 2. The summed E-state index contributed by atoms with van der Waals surface area (Å²) in [5.41, 5.74) is 0.581. The van der Waals surface area contributed by atoms with Crippen LogP contribution in [-0.2, 0) is 14.8 Å². The number of hydrogen-bond acceptors (Lipinski definition) is 6. The Labute approximate surface area is 151 Å². The van der Waals surface area contributed by atoms with E-state index in [-0.39, 0.29) is 10.5 Å². The summed E-state index contributed by atoms with van der Waals surface area (Å²) in [7, 11) is -1.06. The van der Waals surface area contributed by atoms with Gasteiger partial charge in [0.25, 0.3) is 15.9 Å². The Morgan fingerprint density at radius 3 is 1.92 bits per heavy atom. The molecule has 0 aliphatic heterocycles. The van der Waals surface area contributed by atoms with E-state index in [1.165, 1.54) is 38.5 Å². The molecule has 0 atom stereocenters. The van der Waals surface area contributed by atoms with Crippen molar-refractivity contribution in [3.05, 3.63) is 48.0 Å². The molecule has 2 rings (SSSR count). The molecule has 0 spiro atoms. The Hall–Kier alpha value is -3.07. The van der Waals surface area contributed by atoms with Gasteiger partial charge in [-0.15, -0.1) is 0 Å². The Bertz CT molecular complexity index is 901. The van der Waals surface area contributed by atoms with Crippen LogP contribution in [0.5, 0.6) is 11.5 Å². The van der Waals surface area contributed by atoms with Gasteiger partial charge in [0.15, 0.2) is 0 Å². The fraction of sp³-hybridized carbons (Fsp3) is 0.176. The number of carbonyl (C=O) groups excluding carboxylic acids is 2. The van der Waals surface area contributed by atoms with Crippen LogP contribution in [0.2, 0.25) is 0 Å². The van der Waals surface area contributed by atoms with Crippen LogP contribution in [0.3, 0.4) is 0 Å². The number of methoxy groups -OCH3 is 2. The fourth-order valence-corrected chi connectivity index (χ4v) is 3.22. The van der Waals surface area contributed by atoms with Crippen LogP contribution in [0, 0.1) is 0 Å². The van der Waals surface area contributed by atoms with Gasteiger partial charge in [0.1, 0.15) is 17.1 Å². The summed E-state index contributed by atoms with van der Waals surface area (Å²) in [5.74, 6) is -0.485. The first-order valence-electron chi connectivity index (χ1n) is 7.44. The second-order valence-corrected chi connectivity index (χ2v) is 6.86. The molecule has 0 bridgehead atoms. The van der Waals surface area contributed by atoms with Crippen LogP contribution in [0.4, 0.5) is 5.69 Å². The van der Waals surface area contributed by atoms with Crippen molar-refractivity contribution in [2.24, 2.45) is 0 Å². The van der Waals surface area contributed by atoms with Gasteiger partial charge >= 0.3 is 0 Å². The molecule has 0 radical (unpaired) electrons. The highest BCUT2D eigenvalue weighted by Crippen LogP contribution is 2.29. The van der Waals surface area contributed by atoms with Crippen molar-refractivity contribution in [3.8, 4) is 11.5 Å². The normalized spacial score (nSPS) is 10.7. The fourth-order valence-electron chi connectivity index (χ4n) is 2.23. The van der Waals surface area contributed by atoms with Crippen molar-refractivity contribution < 1.29 is 27.5 Å². The molecular weight excluding hydrogens is 360 g/mol. The molecule has 0 saturated carbocycles. The number of rotatable bonds is 6. The first-order valence-corrected chi connectivity index (χ1v) is 8.92. The van der Waals surface area contributed by atoms with E-state index in [1.807, 2.05) is 4.72 Å². The SMILES string of the molecule is COc1cccc(OC)c1C(=O)Nc1ccc(S(=O)(=O)NC(C)=O)cc1. The lowest BCUT2D eigenvalue weighted by molar-refractivity contribution is -0.117. The highest BCUT2D eigenvalue weighted by Gasteiger charge is 2.19. The van der Waals surface area contributed by atoms with Crippen molar-refractivity contribution in [1.82, 2.24) is 4.72 Å². The lowest BCUT2D eigenvalue weighted by Gasteiger charge is -2.13. The lowest BCUT2D eigenvalue weighted by Crippen LogP contribution is -2.28. The summed E-state index contributed by atoms with van der Waals surface area (Å²) in [4.78, 5) is 23.4. The van der Waals surface area contributed by atoms with Crippen LogP contribution in [-0.4, -0.2) is 34.5 Å². The van der Waals surface area contributed by atoms with E-state index in [0.29, 0.717) is 17.2 Å². The average Bonchev–Trinajstić information content (AvgIpc) is 2.60. The van der Waals surface area contributed by atoms with E-state index < -0.39 is 21.8 Å². The van der Waals surface area contributed by atoms with Crippen LogP contribution >= 0.6 is 0 Å². The second kappa shape index (κ2) is 7.87. The number of anilines is 1.